The number of amides is 1. The van der Waals surface area contributed by atoms with Crippen LogP contribution in [-0.2, 0) is 4.79 Å². The number of carbonyl (C=O) groups is 1. The zero-order valence-corrected chi connectivity index (χ0v) is 14.4. The van der Waals surface area contributed by atoms with Crippen LogP contribution in [0.5, 0.6) is 5.75 Å². The topological polar surface area (TPSA) is 50.7 Å². The number of benzene rings is 2. The highest BCUT2D eigenvalue weighted by molar-refractivity contribution is 9.11. The Morgan fingerprint density at radius 1 is 1.17 bits per heavy atom. The van der Waals surface area contributed by atoms with Crippen molar-refractivity contribution in [3.05, 3.63) is 63.3 Å². The van der Waals surface area contributed by atoms with Crippen molar-refractivity contribution in [1.29, 1.82) is 0 Å². The van der Waals surface area contributed by atoms with Gasteiger partial charge < -0.3 is 4.74 Å². The van der Waals surface area contributed by atoms with E-state index in [4.69, 9.17) is 4.74 Å². The molecule has 1 N–H and O–H groups in total. The van der Waals surface area contributed by atoms with E-state index in [0.29, 0.717) is 5.75 Å². The maximum absolute atomic E-state index is 11.8. The van der Waals surface area contributed by atoms with Crippen LogP contribution in [0.25, 0.3) is 10.8 Å². The van der Waals surface area contributed by atoms with Crippen molar-refractivity contribution in [3.8, 4) is 5.75 Å². The van der Waals surface area contributed by atoms with Gasteiger partial charge in [-0.05, 0) is 39.5 Å². The van der Waals surface area contributed by atoms with E-state index in [1.165, 1.54) is 11.3 Å². The summed E-state index contributed by atoms with van der Waals surface area (Å²) in [5.41, 5.74) is 2.46. The molecule has 116 valence electrons. The average molecular weight is 389 g/mol. The maximum atomic E-state index is 11.8. The Hall–Kier alpha value is -2.18. The summed E-state index contributed by atoms with van der Waals surface area (Å²) in [4.78, 5) is 12.7. The number of carbonyl (C=O) groups excluding carboxylic acids is 1. The van der Waals surface area contributed by atoms with Crippen molar-refractivity contribution in [1.82, 2.24) is 5.43 Å². The van der Waals surface area contributed by atoms with E-state index in [2.05, 4.69) is 26.5 Å². The Bertz CT molecular complexity index is 855. The molecule has 3 aromatic rings. The Morgan fingerprint density at radius 2 is 2.00 bits per heavy atom. The Balaban J connectivity index is 1.57. The molecule has 0 aliphatic heterocycles. The highest BCUT2D eigenvalue weighted by atomic mass is 79.9. The van der Waals surface area contributed by atoms with E-state index in [0.717, 1.165) is 19.4 Å². The molecule has 0 saturated carbocycles. The number of hydrogen-bond donors (Lipinski definition) is 1. The molecule has 0 radical (unpaired) electrons. The molecule has 0 aliphatic rings. The zero-order valence-electron chi connectivity index (χ0n) is 12.0. The second-order valence-electron chi connectivity index (χ2n) is 4.70. The van der Waals surface area contributed by atoms with Crippen LogP contribution in [0, 0.1) is 0 Å². The average Bonchev–Trinajstić information content (AvgIpc) is 2.98. The first-order chi connectivity index (χ1) is 11.2. The minimum absolute atomic E-state index is 0.0838. The predicted octanol–water partition coefficient (Wildman–Crippen LogP) is 4.19. The minimum Gasteiger partial charge on any atom is -0.483 e. The number of rotatable bonds is 5. The number of nitrogens with zero attached hydrogens (tertiary/aromatic N) is 1. The van der Waals surface area contributed by atoms with E-state index in [1.54, 1.807) is 6.21 Å². The largest absolute Gasteiger partial charge is 0.483 e. The molecule has 2 aromatic carbocycles. The fourth-order valence-electron chi connectivity index (χ4n) is 2.06. The monoisotopic (exact) mass is 388 g/mol. The fraction of sp³-hybridized carbons (Fsp3) is 0.0588. The fourth-order valence-corrected chi connectivity index (χ4v) is 3.36. The van der Waals surface area contributed by atoms with Gasteiger partial charge >= 0.3 is 0 Å². The van der Waals surface area contributed by atoms with Crippen LogP contribution in [0.1, 0.15) is 4.88 Å². The third-order valence-electron chi connectivity index (χ3n) is 3.08. The minimum atomic E-state index is -0.301. The summed E-state index contributed by atoms with van der Waals surface area (Å²) < 4.78 is 6.62. The van der Waals surface area contributed by atoms with Gasteiger partial charge in [0.1, 0.15) is 5.75 Å². The highest BCUT2D eigenvalue weighted by Crippen LogP contribution is 2.25. The molecule has 3 rings (SSSR count). The highest BCUT2D eigenvalue weighted by Gasteiger charge is 2.05. The quantitative estimate of drug-likeness (QED) is 0.526. The zero-order chi connectivity index (χ0) is 16.1. The van der Waals surface area contributed by atoms with Crippen LogP contribution in [0.2, 0.25) is 0 Å². The molecule has 1 heterocycles. The van der Waals surface area contributed by atoms with Gasteiger partial charge in [-0.2, -0.15) is 5.10 Å². The number of hydrazone groups is 1. The van der Waals surface area contributed by atoms with Gasteiger partial charge in [0.25, 0.3) is 5.91 Å². The summed E-state index contributed by atoms with van der Waals surface area (Å²) in [6.45, 7) is -0.0838. The van der Waals surface area contributed by atoms with Crippen LogP contribution >= 0.6 is 27.3 Å². The summed E-state index contributed by atoms with van der Waals surface area (Å²) in [5, 5.41) is 5.97. The molecular formula is C17H13BrN2O2S. The van der Waals surface area contributed by atoms with E-state index >= 15 is 0 Å². The smallest absolute Gasteiger partial charge is 0.277 e. The van der Waals surface area contributed by atoms with E-state index in [-0.39, 0.29) is 12.5 Å². The van der Waals surface area contributed by atoms with E-state index < -0.39 is 0 Å². The van der Waals surface area contributed by atoms with Crippen molar-refractivity contribution in [3.63, 3.8) is 0 Å². The SMILES string of the molecule is O=C(COc1cccc2ccccc12)NN=Cc1ccc(Br)s1. The molecular weight excluding hydrogens is 376 g/mol. The lowest BCUT2D eigenvalue weighted by atomic mass is 10.1. The first-order valence-corrected chi connectivity index (χ1v) is 8.51. The summed E-state index contributed by atoms with van der Waals surface area (Å²) in [6, 6.07) is 17.5. The van der Waals surface area contributed by atoms with Gasteiger partial charge in [0.15, 0.2) is 6.61 Å². The van der Waals surface area contributed by atoms with Crippen molar-refractivity contribution in [2.75, 3.05) is 6.61 Å². The number of thiophene rings is 1. The molecule has 0 bridgehead atoms. The molecule has 4 nitrogen and oxygen atoms in total. The first kappa shape index (κ1) is 15.7. The molecule has 0 atom stereocenters. The van der Waals surface area contributed by atoms with Crippen molar-refractivity contribution in [2.24, 2.45) is 5.10 Å². The lowest BCUT2D eigenvalue weighted by Gasteiger charge is -2.08. The predicted molar refractivity (Wildman–Crippen MR) is 97.2 cm³/mol. The Kier molecular flexibility index (Phi) is 5.05. The lowest BCUT2D eigenvalue weighted by Crippen LogP contribution is -2.24. The third kappa shape index (κ3) is 4.18. The van der Waals surface area contributed by atoms with Crippen LogP contribution < -0.4 is 10.2 Å². The molecule has 23 heavy (non-hydrogen) atoms. The third-order valence-corrected chi connectivity index (χ3v) is 4.64. The van der Waals surface area contributed by atoms with Gasteiger partial charge in [0.2, 0.25) is 0 Å². The maximum Gasteiger partial charge on any atom is 0.277 e. The molecule has 0 aliphatic carbocycles. The van der Waals surface area contributed by atoms with Gasteiger partial charge in [0, 0.05) is 10.3 Å². The van der Waals surface area contributed by atoms with Crippen molar-refractivity contribution < 1.29 is 9.53 Å². The molecule has 0 fully saturated rings. The normalized spacial score (nSPS) is 11.0. The second kappa shape index (κ2) is 7.39. The summed E-state index contributed by atoms with van der Waals surface area (Å²) >= 11 is 4.91. The van der Waals surface area contributed by atoms with Crippen molar-refractivity contribution >= 4 is 50.2 Å². The standard InChI is InChI=1S/C17H13BrN2O2S/c18-16-9-8-13(23-16)10-19-20-17(21)11-22-15-7-3-5-12-4-1-2-6-14(12)15/h1-10H,11H2,(H,20,21). The van der Waals surface area contributed by atoms with E-state index in [1.807, 2.05) is 54.6 Å². The summed E-state index contributed by atoms with van der Waals surface area (Å²) in [6.07, 6.45) is 1.60. The molecule has 6 heteroatoms. The second-order valence-corrected chi connectivity index (χ2v) is 7.20. The molecule has 1 aromatic heterocycles. The van der Waals surface area contributed by atoms with Crippen LogP contribution in [0.4, 0.5) is 0 Å². The van der Waals surface area contributed by atoms with Crippen LogP contribution in [-0.4, -0.2) is 18.7 Å². The number of ether oxygens (including phenoxy) is 1. The summed E-state index contributed by atoms with van der Waals surface area (Å²) in [5.74, 6) is 0.384. The van der Waals surface area contributed by atoms with Crippen LogP contribution in [0.15, 0.2) is 63.5 Å². The molecule has 0 spiro atoms. The lowest BCUT2D eigenvalue weighted by molar-refractivity contribution is -0.123. The van der Waals surface area contributed by atoms with Gasteiger partial charge in [-0.3, -0.25) is 4.79 Å². The van der Waals surface area contributed by atoms with Crippen LogP contribution in [0.3, 0.4) is 0 Å². The molecule has 0 saturated heterocycles. The number of halogens is 1. The Labute approximate surface area is 145 Å². The number of hydrogen-bond acceptors (Lipinski definition) is 4. The van der Waals surface area contributed by atoms with E-state index in [9.17, 15) is 4.79 Å². The Morgan fingerprint density at radius 3 is 2.83 bits per heavy atom. The van der Waals surface area contributed by atoms with Gasteiger partial charge in [-0.25, -0.2) is 5.43 Å². The van der Waals surface area contributed by atoms with Gasteiger partial charge in [-0.1, -0.05) is 36.4 Å². The first-order valence-electron chi connectivity index (χ1n) is 6.90. The van der Waals surface area contributed by atoms with Gasteiger partial charge in [0.05, 0.1) is 10.0 Å². The number of fused-ring (bicyclic) bond motifs is 1. The van der Waals surface area contributed by atoms with Crippen molar-refractivity contribution in [2.45, 2.75) is 0 Å². The number of nitrogens with one attached hydrogen (secondary N) is 1. The summed E-state index contributed by atoms with van der Waals surface area (Å²) in [7, 11) is 0. The molecule has 0 unspecified atom stereocenters. The molecule has 1 amide bonds. The van der Waals surface area contributed by atoms with Gasteiger partial charge in [-0.15, -0.1) is 11.3 Å².